The van der Waals surface area contributed by atoms with Crippen molar-refractivity contribution in [2.45, 2.75) is 46.1 Å². The van der Waals surface area contributed by atoms with Gasteiger partial charge in [-0.1, -0.05) is 51.0 Å². The summed E-state index contributed by atoms with van der Waals surface area (Å²) in [5, 5.41) is 12.1. The molecule has 0 aliphatic rings. The van der Waals surface area contributed by atoms with Crippen molar-refractivity contribution < 1.29 is 9.90 Å². The highest BCUT2D eigenvalue weighted by molar-refractivity contribution is 5.70. The quantitative estimate of drug-likeness (QED) is 0.672. The largest absolute Gasteiger partial charge is 0.481 e. The van der Waals surface area contributed by atoms with E-state index in [2.05, 4.69) is 19.2 Å². The van der Waals surface area contributed by atoms with Gasteiger partial charge in [0.1, 0.15) is 0 Å². The Hall–Kier alpha value is -1.35. The van der Waals surface area contributed by atoms with Crippen LogP contribution in [0.1, 0.15) is 44.2 Å². The second-order valence-electron chi connectivity index (χ2n) is 5.45. The molecule has 0 atom stereocenters. The first-order valence-corrected chi connectivity index (χ1v) is 7.08. The van der Waals surface area contributed by atoms with Crippen LogP contribution in [0.15, 0.2) is 24.3 Å². The third-order valence-electron chi connectivity index (χ3n) is 3.09. The Bertz CT molecular complexity index is 371. The molecule has 0 fully saturated rings. The number of unbranched alkanes of at least 4 members (excludes halogenated alkanes) is 1. The molecule has 0 saturated heterocycles. The lowest BCUT2D eigenvalue weighted by Crippen LogP contribution is -2.14. The highest BCUT2D eigenvalue weighted by atomic mass is 16.4. The molecule has 0 unspecified atom stereocenters. The van der Waals surface area contributed by atoms with E-state index >= 15 is 0 Å². The van der Waals surface area contributed by atoms with Gasteiger partial charge in [0.05, 0.1) is 6.42 Å². The Labute approximate surface area is 116 Å². The van der Waals surface area contributed by atoms with E-state index in [1.165, 1.54) is 24.8 Å². The summed E-state index contributed by atoms with van der Waals surface area (Å²) in [5.74, 6) is 0.0119. The summed E-state index contributed by atoms with van der Waals surface area (Å²) in [5.41, 5.74) is 2.06. The zero-order chi connectivity index (χ0) is 14.1. The van der Waals surface area contributed by atoms with Crippen LogP contribution in [0.3, 0.4) is 0 Å². The average molecular weight is 263 g/mol. The lowest BCUT2D eigenvalue weighted by molar-refractivity contribution is -0.136. The fraction of sp³-hybridized carbons (Fsp3) is 0.562. The van der Waals surface area contributed by atoms with Crippen molar-refractivity contribution in [3.8, 4) is 0 Å². The standard InChI is InChI=1S/C16H25NO2/c1-13(2)5-3-4-10-17-12-15-8-6-14(7-9-15)11-16(18)19/h6-9,13,17H,3-5,10-12H2,1-2H3,(H,18,19). The number of carboxylic acid groups (broad SMARTS) is 1. The van der Waals surface area contributed by atoms with Crippen molar-refractivity contribution >= 4 is 5.97 Å². The molecule has 0 heterocycles. The maximum Gasteiger partial charge on any atom is 0.307 e. The van der Waals surface area contributed by atoms with Gasteiger partial charge in [0.15, 0.2) is 0 Å². The Balaban J connectivity index is 2.17. The van der Waals surface area contributed by atoms with Crippen LogP contribution in [0.5, 0.6) is 0 Å². The van der Waals surface area contributed by atoms with Gasteiger partial charge in [-0.3, -0.25) is 4.79 Å². The third-order valence-corrected chi connectivity index (χ3v) is 3.09. The summed E-state index contributed by atoms with van der Waals surface area (Å²) in [4.78, 5) is 10.6. The van der Waals surface area contributed by atoms with Gasteiger partial charge >= 0.3 is 5.97 Å². The molecular formula is C16H25NO2. The molecule has 19 heavy (non-hydrogen) atoms. The molecule has 0 radical (unpaired) electrons. The van der Waals surface area contributed by atoms with Crippen LogP contribution in [-0.2, 0) is 17.8 Å². The zero-order valence-corrected chi connectivity index (χ0v) is 12.0. The molecule has 1 aromatic carbocycles. The lowest BCUT2D eigenvalue weighted by Gasteiger charge is -2.07. The lowest BCUT2D eigenvalue weighted by atomic mass is 10.1. The maximum absolute atomic E-state index is 10.6. The van der Waals surface area contributed by atoms with E-state index in [4.69, 9.17) is 5.11 Å². The van der Waals surface area contributed by atoms with Crippen LogP contribution in [0.25, 0.3) is 0 Å². The van der Waals surface area contributed by atoms with Crippen molar-refractivity contribution in [3.63, 3.8) is 0 Å². The minimum Gasteiger partial charge on any atom is -0.481 e. The number of rotatable bonds is 9. The molecule has 0 aromatic heterocycles. The van der Waals surface area contributed by atoms with E-state index in [0.29, 0.717) is 0 Å². The number of nitrogens with one attached hydrogen (secondary N) is 1. The smallest absolute Gasteiger partial charge is 0.307 e. The highest BCUT2D eigenvalue weighted by Gasteiger charge is 2.00. The molecule has 106 valence electrons. The molecule has 1 rings (SSSR count). The fourth-order valence-electron chi connectivity index (χ4n) is 1.98. The third kappa shape index (κ3) is 7.62. The Morgan fingerprint density at radius 3 is 2.37 bits per heavy atom. The van der Waals surface area contributed by atoms with Gasteiger partial charge in [0.2, 0.25) is 0 Å². The molecule has 0 saturated carbocycles. The molecule has 3 nitrogen and oxygen atoms in total. The zero-order valence-electron chi connectivity index (χ0n) is 12.0. The normalized spacial score (nSPS) is 10.9. The van der Waals surface area contributed by atoms with E-state index in [1.807, 2.05) is 24.3 Å². The molecule has 0 amide bonds. The first-order valence-electron chi connectivity index (χ1n) is 7.08. The van der Waals surface area contributed by atoms with Gasteiger partial charge in [0.25, 0.3) is 0 Å². The minimum absolute atomic E-state index is 0.100. The number of benzene rings is 1. The van der Waals surface area contributed by atoms with Gasteiger partial charge in [-0.15, -0.1) is 0 Å². The van der Waals surface area contributed by atoms with Gasteiger partial charge in [-0.2, -0.15) is 0 Å². The topological polar surface area (TPSA) is 49.3 Å². The Kier molecular flexibility index (Phi) is 7.19. The van der Waals surface area contributed by atoms with Gasteiger partial charge in [0, 0.05) is 6.54 Å². The Morgan fingerprint density at radius 2 is 1.79 bits per heavy atom. The van der Waals surface area contributed by atoms with Crippen molar-refractivity contribution in [1.82, 2.24) is 5.32 Å². The van der Waals surface area contributed by atoms with Crippen LogP contribution < -0.4 is 5.32 Å². The monoisotopic (exact) mass is 263 g/mol. The number of carbonyl (C=O) groups is 1. The van der Waals surface area contributed by atoms with Crippen molar-refractivity contribution in [3.05, 3.63) is 35.4 Å². The first-order chi connectivity index (χ1) is 9.08. The summed E-state index contributed by atoms with van der Waals surface area (Å²) in [6.07, 6.45) is 3.89. The number of hydrogen-bond acceptors (Lipinski definition) is 2. The van der Waals surface area contributed by atoms with E-state index in [-0.39, 0.29) is 6.42 Å². The minimum atomic E-state index is -0.781. The summed E-state index contributed by atoms with van der Waals surface area (Å²) >= 11 is 0. The highest BCUT2D eigenvalue weighted by Crippen LogP contribution is 2.07. The molecule has 0 bridgehead atoms. The average Bonchev–Trinajstić information content (AvgIpc) is 2.34. The summed E-state index contributed by atoms with van der Waals surface area (Å²) < 4.78 is 0. The van der Waals surface area contributed by atoms with Gasteiger partial charge in [-0.25, -0.2) is 0 Å². The van der Waals surface area contributed by atoms with E-state index in [0.717, 1.165) is 24.6 Å². The van der Waals surface area contributed by atoms with E-state index < -0.39 is 5.97 Å². The second kappa shape index (κ2) is 8.70. The molecule has 3 heteroatoms. The van der Waals surface area contributed by atoms with Crippen LogP contribution in [0.2, 0.25) is 0 Å². The fourth-order valence-corrected chi connectivity index (χ4v) is 1.98. The summed E-state index contributed by atoms with van der Waals surface area (Å²) in [6.45, 7) is 6.41. The van der Waals surface area contributed by atoms with E-state index in [9.17, 15) is 4.79 Å². The van der Waals surface area contributed by atoms with Crippen LogP contribution >= 0.6 is 0 Å². The first kappa shape index (κ1) is 15.7. The maximum atomic E-state index is 10.6. The van der Waals surface area contributed by atoms with Crippen LogP contribution in [0.4, 0.5) is 0 Å². The van der Waals surface area contributed by atoms with E-state index in [1.54, 1.807) is 0 Å². The molecule has 0 aliphatic carbocycles. The summed E-state index contributed by atoms with van der Waals surface area (Å²) in [6, 6.07) is 7.78. The molecule has 0 spiro atoms. The number of aliphatic carboxylic acids is 1. The predicted molar refractivity (Wildman–Crippen MR) is 78.2 cm³/mol. The van der Waals surface area contributed by atoms with Crippen molar-refractivity contribution in [2.75, 3.05) is 6.54 Å². The number of hydrogen-bond donors (Lipinski definition) is 2. The second-order valence-corrected chi connectivity index (χ2v) is 5.45. The van der Waals surface area contributed by atoms with Crippen LogP contribution in [-0.4, -0.2) is 17.6 Å². The predicted octanol–water partition coefficient (Wildman–Crippen LogP) is 3.23. The summed E-state index contributed by atoms with van der Waals surface area (Å²) in [7, 11) is 0. The van der Waals surface area contributed by atoms with Gasteiger partial charge in [-0.05, 0) is 30.0 Å². The SMILES string of the molecule is CC(C)CCCCNCc1ccc(CC(=O)O)cc1. The van der Waals surface area contributed by atoms with Gasteiger partial charge < -0.3 is 10.4 Å². The Morgan fingerprint density at radius 1 is 1.16 bits per heavy atom. The van der Waals surface area contributed by atoms with Crippen LogP contribution in [0, 0.1) is 5.92 Å². The molecule has 0 aliphatic heterocycles. The molecule has 1 aromatic rings. The molecular weight excluding hydrogens is 238 g/mol. The van der Waals surface area contributed by atoms with Crippen molar-refractivity contribution in [1.29, 1.82) is 0 Å². The van der Waals surface area contributed by atoms with Crippen molar-refractivity contribution in [2.24, 2.45) is 5.92 Å². The number of carboxylic acids is 1. The molecule has 2 N–H and O–H groups in total.